The van der Waals surface area contributed by atoms with Crippen molar-refractivity contribution >= 4 is 41.9 Å². The number of hydrogen-bond donors (Lipinski definition) is 4. The molecule has 10 heteroatoms. The smallest absolute Gasteiger partial charge is 0.407 e. The molecule has 9 nitrogen and oxygen atoms in total. The third-order valence-corrected chi connectivity index (χ3v) is 3.28. The van der Waals surface area contributed by atoms with Gasteiger partial charge in [-0.05, 0) is 44.9 Å². The van der Waals surface area contributed by atoms with Crippen LogP contribution in [-0.2, 0) is 16.1 Å². The number of benzene rings is 1. The van der Waals surface area contributed by atoms with Crippen LogP contribution in [0.2, 0.25) is 0 Å². The number of nitrogens with zero attached hydrogens (tertiary/aromatic N) is 1. The molecule has 0 bridgehead atoms. The highest BCUT2D eigenvalue weighted by molar-refractivity contribution is 14.0. The molecule has 0 unspecified atom stereocenters. The maximum Gasteiger partial charge on any atom is 0.407 e. The van der Waals surface area contributed by atoms with Crippen molar-refractivity contribution in [3.63, 3.8) is 0 Å². The molecule has 0 aromatic heterocycles. The molecule has 0 heterocycles. The lowest BCUT2D eigenvalue weighted by molar-refractivity contribution is -0.119. The Kier molecular flexibility index (Phi) is 12.8. The lowest BCUT2D eigenvalue weighted by atomic mass is 10.2. The van der Waals surface area contributed by atoms with Crippen LogP contribution >= 0.6 is 24.0 Å². The molecule has 0 saturated carbocycles. The second-order valence-electron chi connectivity index (χ2n) is 7.04. The first-order valence-corrected chi connectivity index (χ1v) is 9.11. The van der Waals surface area contributed by atoms with E-state index < -0.39 is 17.6 Å². The number of aliphatic imine (C=N–C) groups is 1. The van der Waals surface area contributed by atoms with Crippen molar-refractivity contribution in [1.29, 1.82) is 0 Å². The first kappa shape index (κ1) is 26.8. The van der Waals surface area contributed by atoms with Crippen molar-refractivity contribution in [3.05, 3.63) is 29.8 Å². The first-order chi connectivity index (χ1) is 13.2. The normalized spacial score (nSPS) is 11.1. The molecule has 1 rings (SSSR count). The number of nitrogens with two attached hydrogens (primary N) is 1. The summed E-state index contributed by atoms with van der Waals surface area (Å²) in [5, 5.41) is 9.07. The zero-order chi connectivity index (χ0) is 21.0. The highest BCUT2D eigenvalue weighted by Crippen LogP contribution is 2.13. The molecule has 1 aromatic rings. The lowest BCUT2D eigenvalue weighted by Crippen LogP contribution is -2.39. The summed E-state index contributed by atoms with van der Waals surface area (Å²) in [4.78, 5) is 26.5. The Morgan fingerprint density at radius 3 is 2.45 bits per heavy atom. The van der Waals surface area contributed by atoms with Crippen LogP contribution in [0, 0.1) is 0 Å². The van der Waals surface area contributed by atoms with Gasteiger partial charge >= 0.3 is 6.09 Å². The van der Waals surface area contributed by atoms with E-state index >= 15 is 0 Å². The maximum absolute atomic E-state index is 11.6. The molecule has 1 aromatic carbocycles. The number of guanidine groups is 1. The quantitative estimate of drug-likeness (QED) is 0.170. The average Bonchev–Trinajstić information content (AvgIpc) is 2.61. The van der Waals surface area contributed by atoms with E-state index in [1.165, 1.54) is 0 Å². The minimum absolute atomic E-state index is 0. The zero-order valence-electron chi connectivity index (χ0n) is 17.4. The molecule has 2 amide bonds. The molecule has 0 aliphatic rings. The van der Waals surface area contributed by atoms with E-state index in [0.29, 0.717) is 31.3 Å². The molecule has 0 aliphatic heterocycles. The van der Waals surface area contributed by atoms with Gasteiger partial charge in [-0.2, -0.15) is 0 Å². The fraction of sp³-hybridized carbons (Fsp3) is 0.526. The standard InChI is InChI=1S/C19H31N5O4.HI/c1-19(2,3)28-18(26)23-10-6-9-22-17(21-4)24-12-14-7-5-8-15(11-14)27-13-16(20)25;/h5,7-8,11H,6,9-10,12-13H2,1-4H3,(H2,20,25)(H,23,26)(H2,21,22,24);1H. The molecule has 0 atom stereocenters. The number of amides is 2. The number of alkyl carbamates (subject to hydrolysis) is 1. The predicted molar refractivity (Wildman–Crippen MR) is 124 cm³/mol. The largest absolute Gasteiger partial charge is 0.484 e. The van der Waals surface area contributed by atoms with Gasteiger partial charge in [0.25, 0.3) is 5.91 Å². The van der Waals surface area contributed by atoms with E-state index in [4.69, 9.17) is 15.2 Å². The Labute approximate surface area is 189 Å². The van der Waals surface area contributed by atoms with Gasteiger partial charge in [0.1, 0.15) is 11.4 Å². The van der Waals surface area contributed by atoms with Crippen LogP contribution in [0.3, 0.4) is 0 Å². The fourth-order valence-corrected chi connectivity index (χ4v) is 2.11. The summed E-state index contributed by atoms with van der Waals surface area (Å²) < 4.78 is 10.5. The van der Waals surface area contributed by atoms with E-state index in [1.807, 2.05) is 39.0 Å². The van der Waals surface area contributed by atoms with Crippen LogP contribution in [0.1, 0.15) is 32.8 Å². The van der Waals surface area contributed by atoms with Gasteiger partial charge in [0.15, 0.2) is 12.6 Å². The third kappa shape index (κ3) is 13.6. The number of carbonyl (C=O) groups is 2. The molecular formula is C19H32IN5O4. The minimum Gasteiger partial charge on any atom is -0.484 e. The van der Waals surface area contributed by atoms with Crippen molar-refractivity contribution in [1.82, 2.24) is 16.0 Å². The van der Waals surface area contributed by atoms with Gasteiger partial charge in [-0.15, -0.1) is 24.0 Å². The van der Waals surface area contributed by atoms with Gasteiger partial charge in [0.05, 0.1) is 0 Å². The van der Waals surface area contributed by atoms with Crippen molar-refractivity contribution < 1.29 is 19.1 Å². The number of ether oxygens (including phenoxy) is 2. The van der Waals surface area contributed by atoms with E-state index in [0.717, 1.165) is 12.0 Å². The molecule has 0 radical (unpaired) electrons. The van der Waals surface area contributed by atoms with Crippen LogP contribution in [0.4, 0.5) is 4.79 Å². The average molecular weight is 521 g/mol. The molecule has 0 fully saturated rings. The SMILES string of the molecule is CN=C(NCCCNC(=O)OC(C)(C)C)NCc1cccc(OCC(N)=O)c1.I. The Morgan fingerprint density at radius 2 is 1.83 bits per heavy atom. The molecule has 0 aliphatic carbocycles. The summed E-state index contributed by atoms with van der Waals surface area (Å²) in [6.07, 6.45) is 0.296. The predicted octanol–water partition coefficient (Wildman–Crippen LogP) is 1.75. The second-order valence-corrected chi connectivity index (χ2v) is 7.04. The van der Waals surface area contributed by atoms with Gasteiger partial charge < -0.3 is 31.2 Å². The van der Waals surface area contributed by atoms with Crippen LogP contribution in [-0.4, -0.2) is 50.3 Å². The van der Waals surface area contributed by atoms with Crippen LogP contribution in [0.5, 0.6) is 5.75 Å². The highest BCUT2D eigenvalue weighted by Gasteiger charge is 2.15. The number of primary amides is 1. The maximum atomic E-state index is 11.6. The van der Waals surface area contributed by atoms with E-state index in [-0.39, 0.29) is 30.6 Å². The molecule has 0 saturated heterocycles. The van der Waals surface area contributed by atoms with Crippen LogP contribution in [0.25, 0.3) is 0 Å². The summed E-state index contributed by atoms with van der Waals surface area (Å²) in [6.45, 7) is 6.98. The van der Waals surface area contributed by atoms with Gasteiger partial charge in [0.2, 0.25) is 0 Å². The molecule has 5 N–H and O–H groups in total. The molecule has 0 spiro atoms. The van der Waals surface area contributed by atoms with Crippen molar-refractivity contribution in [2.24, 2.45) is 10.7 Å². The third-order valence-electron chi connectivity index (χ3n) is 3.28. The Morgan fingerprint density at radius 1 is 1.14 bits per heavy atom. The summed E-state index contributed by atoms with van der Waals surface area (Å²) in [7, 11) is 1.68. The zero-order valence-corrected chi connectivity index (χ0v) is 19.7. The van der Waals surface area contributed by atoms with E-state index in [2.05, 4.69) is 20.9 Å². The fourth-order valence-electron chi connectivity index (χ4n) is 2.11. The molecule has 29 heavy (non-hydrogen) atoms. The highest BCUT2D eigenvalue weighted by atomic mass is 127. The van der Waals surface area contributed by atoms with Gasteiger partial charge in [0, 0.05) is 26.7 Å². The summed E-state index contributed by atoms with van der Waals surface area (Å²) >= 11 is 0. The summed E-state index contributed by atoms with van der Waals surface area (Å²) in [6, 6.07) is 7.36. The second kappa shape index (κ2) is 13.9. The van der Waals surface area contributed by atoms with Crippen LogP contribution in [0.15, 0.2) is 29.3 Å². The molecular weight excluding hydrogens is 489 g/mol. The van der Waals surface area contributed by atoms with E-state index in [9.17, 15) is 9.59 Å². The van der Waals surface area contributed by atoms with Crippen molar-refractivity contribution in [2.75, 3.05) is 26.7 Å². The first-order valence-electron chi connectivity index (χ1n) is 9.11. The monoisotopic (exact) mass is 521 g/mol. The number of halogens is 1. The number of carbonyl (C=O) groups excluding carboxylic acids is 2. The topological polar surface area (TPSA) is 127 Å². The number of rotatable bonds is 9. The lowest BCUT2D eigenvalue weighted by Gasteiger charge is -2.19. The number of nitrogens with one attached hydrogen (secondary N) is 3. The van der Waals surface area contributed by atoms with Gasteiger partial charge in [-0.25, -0.2) is 4.79 Å². The van der Waals surface area contributed by atoms with Crippen molar-refractivity contribution in [3.8, 4) is 5.75 Å². The van der Waals surface area contributed by atoms with Gasteiger partial charge in [-0.1, -0.05) is 12.1 Å². The van der Waals surface area contributed by atoms with Crippen molar-refractivity contribution in [2.45, 2.75) is 39.3 Å². The summed E-state index contributed by atoms with van der Waals surface area (Å²) in [5.41, 5.74) is 5.54. The minimum atomic E-state index is -0.519. The Bertz CT molecular complexity index is 677. The van der Waals surface area contributed by atoms with Crippen LogP contribution < -0.4 is 26.4 Å². The molecule has 164 valence electrons. The summed E-state index contributed by atoms with van der Waals surface area (Å²) in [5.74, 6) is 0.698. The van der Waals surface area contributed by atoms with Gasteiger partial charge in [-0.3, -0.25) is 9.79 Å². The Balaban J connectivity index is 0.00000784. The number of hydrogen-bond acceptors (Lipinski definition) is 5. The Hall–Kier alpha value is -2.24. The van der Waals surface area contributed by atoms with E-state index in [1.54, 1.807) is 13.1 Å².